The van der Waals surface area contributed by atoms with Crippen LogP contribution in [0.5, 0.6) is 0 Å². The highest BCUT2D eigenvalue weighted by Gasteiger charge is 2.31. The van der Waals surface area contributed by atoms with Crippen molar-refractivity contribution < 1.29 is 9.59 Å². The summed E-state index contributed by atoms with van der Waals surface area (Å²) in [4.78, 5) is 34.8. The van der Waals surface area contributed by atoms with Crippen LogP contribution in [0.15, 0.2) is 35.7 Å². The van der Waals surface area contributed by atoms with Gasteiger partial charge in [0.15, 0.2) is 0 Å². The van der Waals surface area contributed by atoms with Gasteiger partial charge in [-0.15, -0.1) is 11.3 Å². The second kappa shape index (κ2) is 11.0. The predicted octanol–water partition coefficient (Wildman–Crippen LogP) is 5.52. The van der Waals surface area contributed by atoms with E-state index in [1.807, 2.05) is 10.3 Å². The third kappa shape index (κ3) is 5.54. The molecule has 34 heavy (non-hydrogen) atoms. The fraction of sp³-hybridized carbons (Fsp3) is 0.607. The third-order valence-electron chi connectivity index (χ3n) is 8.12. The minimum atomic E-state index is 0.0885. The Hall–Kier alpha value is -2.21. The quantitative estimate of drug-likeness (QED) is 0.567. The molecule has 3 aliphatic rings. The number of amides is 2. The van der Waals surface area contributed by atoms with Crippen LogP contribution in [-0.2, 0) is 11.2 Å². The number of likely N-dealkylation sites (tertiary alicyclic amines) is 2. The molecule has 0 N–H and O–H groups in total. The molecule has 1 aliphatic carbocycles. The van der Waals surface area contributed by atoms with Gasteiger partial charge in [0.05, 0.1) is 5.01 Å². The smallest absolute Gasteiger partial charge is 0.273 e. The summed E-state index contributed by atoms with van der Waals surface area (Å²) in [7, 11) is 0. The maximum Gasteiger partial charge on any atom is 0.273 e. The van der Waals surface area contributed by atoms with E-state index >= 15 is 0 Å². The first-order valence-corrected chi connectivity index (χ1v) is 14.1. The summed E-state index contributed by atoms with van der Waals surface area (Å²) in [6.07, 6.45) is 11.0. The molecule has 182 valence electrons. The average molecular weight is 480 g/mol. The van der Waals surface area contributed by atoms with E-state index in [9.17, 15) is 9.59 Å². The lowest BCUT2D eigenvalue weighted by Crippen LogP contribution is -2.42. The van der Waals surface area contributed by atoms with Crippen LogP contribution in [0.4, 0.5) is 0 Å². The van der Waals surface area contributed by atoms with Crippen LogP contribution < -0.4 is 0 Å². The normalized spacial score (nSPS) is 21.1. The van der Waals surface area contributed by atoms with Crippen molar-refractivity contribution in [2.75, 3.05) is 26.2 Å². The van der Waals surface area contributed by atoms with E-state index in [0.29, 0.717) is 23.4 Å². The Morgan fingerprint density at radius 3 is 2.24 bits per heavy atom. The van der Waals surface area contributed by atoms with Crippen molar-refractivity contribution >= 4 is 23.2 Å². The van der Waals surface area contributed by atoms with Gasteiger partial charge >= 0.3 is 0 Å². The van der Waals surface area contributed by atoms with Crippen LogP contribution in [0.25, 0.3) is 0 Å². The largest absolute Gasteiger partial charge is 0.342 e. The Balaban J connectivity index is 1.10. The number of piperidine rings is 2. The lowest BCUT2D eigenvalue weighted by Gasteiger charge is -2.34. The van der Waals surface area contributed by atoms with Gasteiger partial charge in [-0.2, -0.15) is 0 Å². The van der Waals surface area contributed by atoms with Crippen LogP contribution in [0.2, 0.25) is 0 Å². The molecule has 5 nitrogen and oxygen atoms in total. The molecule has 5 rings (SSSR count). The number of aromatic nitrogens is 1. The second-order valence-corrected chi connectivity index (χ2v) is 11.3. The standard InChI is InChI=1S/C28H37N3O2S/c32-27(24-9-5-2-6-10-24)30-17-13-23(14-18-30)26-29-25(20-34-26)28(33)31-15-11-22(12-16-31)19-21-7-3-1-4-8-21/h1,3-4,7-8,20,22-24H,2,5-6,9-19H2. The van der Waals surface area contributed by atoms with Gasteiger partial charge in [0, 0.05) is 43.4 Å². The molecule has 0 bridgehead atoms. The third-order valence-corrected chi connectivity index (χ3v) is 9.13. The lowest BCUT2D eigenvalue weighted by atomic mass is 9.87. The molecule has 2 aromatic rings. The number of carbonyl (C=O) groups is 2. The van der Waals surface area contributed by atoms with Gasteiger partial charge in [-0.25, -0.2) is 4.98 Å². The zero-order chi connectivity index (χ0) is 23.3. The first-order valence-electron chi connectivity index (χ1n) is 13.2. The Morgan fingerprint density at radius 2 is 1.53 bits per heavy atom. The van der Waals surface area contributed by atoms with Gasteiger partial charge < -0.3 is 9.80 Å². The molecule has 1 aromatic carbocycles. The van der Waals surface area contributed by atoms with Crippen molar-refractivity contribution in [3.05, 3.63) is 52.0 Å². The van der Waals surface area contributed by atoms with E-state index < -0.39 is 0 Å². The molecule has 2 aliphatic heterocycles. The van der Waals surface area contributed by atoms with Crippen LogP contribution in [0.3, 0.4) is 0 Å². The fourth-order valence-corrected chi connectivity index (χ4v) is 6.94. The minimum absolute atomic E-state index is 0.0885. The van der Waals surface area contributed by atoms with E-state index in [4.69, 9.17) is 4.98 Å². The Morgan fingerprint density at radius 1 is 0.853 bits per heavy atom. The van der Waals surface area contributed by atoms with Crippen molar-refractivity contribution in [3.8, 4) is 0 Å². The van der Waals surface area contributed by atoms with E-state index in [0.717, 1.165) is 76.1 Å². The summed E-state index contributed by atoms with van der Waals surface area (Å²) in [6, 6.07) is 10.7. The number of carbonyl (C=O) groups excluding carboxylic acids is 2. The molecular formula is C28H37N3O2S. The number of hydrogen-bond donors (Lipinski definition) is 0. The highest BCUT2D eigenvalue weighted by Crippen LogP contribution is 2.33. The summed E-state index contributed by atoms with van der Waals surface area (Å²) < 4.78 is 0. The van der Waals surface area contributed by atoms with Crippen molar-refractivity contribution in [1.82, 2.24) is 14.8 Å². The lowest BCUT2D eigenvalue weighted by molar-refractivity contribution is -0.137. The summed E-state index contributed by atoms with van der Waals surface area (Å²) in [6.45, 7) is 3.31. The molecule has 1 aromatic heterocycles. The van der Waals surface area contributed by atoms with Gasteiger partial charge in [0.1, 0.15) is 5.69 Å². The molecule has 3 heterocycles. The van der Waals surface area contributed by atoms with Gasteiger partial charge in [0.25, 0.3) is 5.91 Å². The monoisotopic (exact) mass is 479 g/mol. The van der Waals surface area contributed by atoms with Gasteiger partial charge in [-0.1, -0.05) is 49.6 Å². The van der Waals surface area contributed by atoms with E-state index in [1.165, 1.54) is 24.8 Å². The maximum absolute atomic E-state index is 13.1. The molecule has 0 radical (unpaired) electrons. The molecule has 1 saturated carbocycles. The van der Waals surface area contributed by atoms with Gasteiger partial charge in [0.2, 0.25) is 5.91 Å². The molecule has 6 heteroatoms. The fourth-order valence-electron chi connectivity index (χ4n) is 5.98. The highest BCUT2D eigenvalue weighted by atomic mass is 32.1. The first kappa shape index (κ1) is 23.5. The molecule has 0 spiro atoms. The van der Waals surface area contributed by atoms with Crippen LogP contribution >= 0.6 is 11.3 Å². The van der Waals surface area contributed by atoms with Gasteiger partial charge in [-0.3, -0.25) is 9.59 Å². The Labute approximate surface area is 207 Å². The molecule has 0 atom stereocenters. The highest BCUT2D eigenvalue weighted by molar-refractivity contribution is 7.09. The number of thiazole rings is 1. The molecular weight excluding hydrogens is 442 g/mol. The summed E-state index contributed by atoms with van der Waals surface area (Å²) in [5, 5.41) is 3.03. The van der Waals surface area contributed by atoms with Crippen LogP contribution in [0.1, 0.15) is 84.8 Å². The van der Waals surface area contributed by atoms with Crippen molar-refractivity contribution in [2.24, 2.45) is 11.8 Å². The summed E-state index contributed by atoms with van der Waals surface area (Å²) in [5.41, 5.74) is 2.00. The number of benzene rings is 1. The van der Waals surface area contributed by atoms with Gasteiger partial charge in [-0.05, 0) is 56.4 Å². The average Bonchev–Trinajstić information content (AvgIpc) is 3.40. The molecule has 2 amide bonds. The van der Waals surface area contributed by atoms with E-state index in [-0.39, 0.29) is 11.8 Å². The summed E-state index contributed by atoms with van der Waals surface area (Å²) >= 11 is 1.63. The van der Waals surface area contributed by atoms with Crippen LogP contribution in [0, 0.1) is 11.8 Å². The Kier molecular flexibility index (Phi) is 7.63. The molecule has 3 fully saturated rings. The zero-order valence-corrected chi connectivity index (χ0v) is 21.0. The van der Waals surface area contributed by atoms with Crippen molar-refractivity contribution in [3.63, 3.8) is 0 Å². The number of rotatable bonds is 5. The van der Waals surface area contributed by atoms with E-state index in [1.54, 1.807) is 11.3 Å². The van der Waals surface area contributed by atoms with Crippen molar-refractivity contribution in [1.29, 1.82) is 0 Å². The predicted molar refractivity (Wildman–Crippen MR) is 136 cm³/mol. The van der Waals surface area contributed by atoms with Crippen molar-refractivity contribution in [2.45, 2.75) is 70.1 Å². The minimum Gasteiger partial charge on any atom is -0.342 e. The first-order chi connectivity index (χ1) is 16.7. The maximum atomic E-state index is 13.1. The summed E-state index contributed by atoms with van der Waals surface area (Å²) in [5.74, 6) is 1.75. The SMILES string of the molecule is O=C(c1csc(C2CCN(C(=O)C3CCCCC3)CC2)n1)N1CCC(Cc2ccccc2)CC1. The van der Waals surface area contributed by atoms with E-state index in [2.05, 4.69) is 35.2 Å². The molecule has 0 unspecified atom stereocenters. The zero-order valence-electron chi connectivity index (χ0n) is 20.2. The second-order valence-electron chi connectivity index (χ2n) is 10.4. The topological polar surface area (TPSA) is 53.5 Å². The number of nitrogens with zero attached hydrogens (tertiary/aromatic N) is 3. The number of hydrogen-bond acceptors (Lipinski definition) is 4. The Bertz CT molecular complexity index is 953. The molecule has 2 saturated heterocycles. The van der Waals surface area contributed by atoms with Crippen LogP contribution in [-0.4, -0.2) is 52.8 Å².